The molecule has 1 aliphatic rings. The minimum absolute atomic E-state index is 0.646. The fourth-order valence-corrected chi connectivity index (χ4v) is 2.52. The van der Waals surface area contributed by atoms with Gasteiger partial charge in [-0.05, 0) is 25.7 Å². The van der Waals surface area contributed by atoms with E-state index in [1.54, 1.807) is 0 Å². The van der Waals surface area contributed by atoms with Crippen LogP contribution in [0.25, 0.3) is 0 Å². The summed E-state index contributed by atoms with van der Waals surface area (Å²) < 4.78 is 0. The number of hydrogen-bond donors (Lipinski definition) is 0. The summed E-state index contributed by atoms with van der Waals surface area (Å²) in [5, 5.41) is 8.55. The molecule has 1 saturated heterocycles. The van der Waals surface area contributed by atoms with Crippen molar-refractivity contribution in [2.24, 2.45) is 0 Å². The van der Waals surface area contributed by atoms with Gasteiger partial charge < -0.3 is 4.90 Å². The van der Waals surface area contributed by atoms with Crippen LogP contribution < -0.4 is 4.90 Å². The number of aromatic nitrogens is 3. The molecule has 0 atom stereocenters. The fraction of sp³-hybridized carbons (Fsp3) is 0.750. The van der Waals surface area contributed by atoms with Crippen molar-refractivity contribution in [2.75, 3.05) is 18.0 Å². The van der Waals surface area contributed by atoms with Crippen LogP contribution in [0.1, 0.15) is 38.1 Å². The molecule has 0 unspecified atom stereocenters. The molecule has 0 radical (unpaired) electrons. The smallest absolute Gasteiger partial charge is 0.245 e. The Morgan fingerprint density at radius 1 is 1.12 bits per heavy atom. The molecule has 5 heteroatoms. The van der Waals surface area contributed by atoms with Crippen molar-refractivity contribution in [1.29, 1.82) is 0 Å². The number of anilines is 1. The van der Waals surface area contributed by atoms with Crippen LogP contribution in [0.2, 0.25) is 0 Å². The van der Waals surface area contributed by atoms with Crippen molar-refractivity contribution in [1.82, 2.24) is 15.2 Å². The molecular weight excluding hydrogens is 280 g/mol. The summed E-state index contributed by atoms with van der Waals surface area (Å²) in [5.41, 5.74) is 2.13. The number of aryl methyl sites for hydroxylation is 2. The molecule has 2 heterocycles. The van der Waals surface area contributed by atoms with Crippen molar-refractivity contribution in [2.45, 2.75) is 44.4 Å². The van der Waals surface area contributed by atoms with Gasteiger partial charge in [-0.2, -0.15) is 5.10 Å². The summed E-state index contributed by atoms with van der Waals surface area (Å²) in [6.07, 6.45) is 4.15. The third-order valence-electron chi connectivity index (χ3n) is 3.21. The molecule has 0 amide bonds. The molecule has 0 bridgehead atoms. The van der Waals surface area contributed by atoms with E-state index in [9.17, 15) is 0 Å². The zero-order valence-electron chi connectivity index (χ0n) is 10.5. The van der Waals surface area contributed by atoms with Gasteiger partial charge in [0.25, 0.3) is 0 Å². The van der Waals surface area contributed by atoms with E-state index < -0.39 is 0 Å². The molecule has 4 nitrogen and oxygen atoms in total. The number of alkyl halides is 1. The van der Waals surface area contributed by atoms with Gasteiger partial charge in [-0.1, -0.05) is 29.8 Å². The van der Waals surface area contributed by atoms with Crippen LogP contribution in [0.3, 0.4) is 0 Å². The van der Waals surface area contributed by atoms with Gasteiger partial charge in [-0.25, -0.2) is 4.98 Å². The summed E-state index contributed by atoms with van der Waals surface area (Å²) in [6.45, 7) is 6.26. The minimum atomic E-state index is 0.646. The van der Waals surface area contributed by atoms with Crippen LogP contribution in [0.5, 0.6) is 0 Å². The molecule has 1 aliphatic heterocycles. The topological polar surface area (TPSA) is 41.9 Å². The largest absolute Gasteiger partial charge is 0.339 e. The Kier molecular flexibility index (Phi) is 4.31. The molecule has 1 aromatic rings. The van der Waals surface area contributed by atoms with Gasteiger partial charge >= 0.3 is 0 Å². The summed E-state index contributed by atoms with van der Waals surface area (Å²) in [4.78, 5) is 7.53. The highest BCUT2D eigenvalue weighted by molar-refractivity contribution is 9.09. The maximum Gasteiger partial charge on any atom is 0.245 e. The van der Waals surface area contributed by atoms with Gasteiger partial charge in [0.05, 0.1) is 11.4 Å². The number of piperidine rings is 1. The highest BCUT2D eigenvalue weighted by atomic mass is 79.9. The molecule has 2 rings (SSSR count). The van der Waals surface area contributed by atoms with E-state index in [4.69, 9.17) is 0 Å². The first-order chi connectivity index (χ1) is 8.24. The van der Waals surface area contributed by atoms with E-state index in [0.29, 0.717) is 4.83 Å². The molecule has 0 spiro atoms. The van der Waals surface area contributed by atoms with Crippen LogP contribution >= 0.6 is 15.9 Å². The third-order valence-corrected chi connectivity index (χ3v) is 4.12. The van der Waals surface area contributed by atoms with Gasteiger partial charge in [-0.3, -0.25) is 0 Å². The maximum atomic E-state index is 4.65. The molecule has 1 aromatic heterocycles. The molecular formula is C12H19BrN4. The van der Waals surface area contributed by atoms with Crippen molar-refractivity contribution >= 4 is 21.9 Å². The Labute approximate surface area is 111 Å². The van der Waals surface area contributed by atoms with Gasteiger partial charge in [-0.15, -0.1) is 5.10 Å². The molecule has 0 N–H and O–H groups in total. The Hall–Kier alpha value is -0.710. The van der Waals surface area contributed by atoms with Gasteiger partial charge in [0, 0.05) is 17.9 Å². The summed E-state index contributed by atoms with van der Waals surface area (Å²) in [7, 11) is 0. The Morgan fingerprint density at radius 3 is 2.35 bits per heavy atom. The monoisotopic (exact) mass is 298 g/mol. The molecule has 17 heavy (non-hydrogen) atoms. The van der Waals surface area contributed by atoms with E-state index in [2.05, 4.69) is 49.9 Å². The number of halogens is 1. The van der Waals surface area contributed by atoms with Crippen LogP contribution in [0, 0.1) is 0 Å². The van der Waals surface area contributed by atoms with Gasteiger partial charge in [0.2, 0.25) is 5.95 Å². The van der Waals surface area contributed by atoms with E-state index >= 15 is 0 Å². The average Bonchev–Trinajstić information content (AvgIpc) is 2.39. The van der Waals surface area contributed by atoms with Crippen LogP contribution in [-0.4, -0.2) is 33.1 Å². The second-order valence-corrected chi connectivity index (χ2v) is 5.67. The highest BCUT2D eigenvalue weighted by Crippen LogP contribution is 2.21. The molecule has 0 aromatic carbocycles. The minimum Gasteiger partial charge on any atom is -0.339 e. The number of rotatable bonds is 3. The predicted octanol–water partition coefficient (Wildman–Crippen LogP) is 2.36. The number of hydrogen-bond acceptors (Lipinski definition) is 4. The Bertz CT molecular complexity index is 375. The summed E-state index contributed by atoms with van der Waals surface area (Å²) in [6, 6.07) is 0. The second-order valence-electron chi connectivity index (χ2n) is 4.37. The Balaban J connectivity index is 2.16. The molecule has 1 fully saturated rings. The van der Waals surface area contributed by atoms with Crippen LogP contribution in [-0.2, 0) is 12.8 Å². The lowest BCUT2D eigenvalue weighted by molar-refractivity contribution is 0.580. The second kappa shape index (κ2) is 5.76. The average molecular weight is 299 g/mol. The van der Waals surface area contributed by atoms with E-state index in [-0.39, 0.29) is 0 Å². The van der Waals surface area contributed by atoms with E-state index in [1.807, 2.05) is 0 Å². The predicted molar refractivity (Wildman–Crippen MR) is 72.7 cm³/mol. The third kappa shape index (κ3) is 2.94. The zero-order chi connectivity index (χ0) is 12.3. The molecule has 0 aliphatic carbocycles. The van der Waals surface area contributed by atoms with Gasteiger partial charge in [0.15, 0.2) is 0 Å². The molecule has 94 valence electrons. The lowest BCUT2D eigenvalue weighted by Crippen LogP contribution is -2.35. The van der Waals surface area contributed by atoms with Gasteiger partial charge in [0.1, 0.15) is 0 Å². The standard InChI is InChI=1S/C12H19BrN4/c1-3-10-11(4-2)15-16-12(14-10)17-7-5-9(13)6-8-17/h9H,3-8H2,1-2H3. The van der Waals surface area contributed by atoms with Crippen LogP contribution in [0.4, 0.5) is 5.95 Å². The molecule has 0 saturated carbocycles. The summed E-state index contributed by atoms with van der Waals surface area (Å²) in [5.74, 6) is 0.804. The Morgan fingerprint density at radius 2 is 1.76 bits per heavy atom. The fourth-order valence-electron chi connectivity index (χ4n) is 2.11. The van der Waals surface area contributed by atoms with Crippen molar-refractivity contribution in [3.05, 3.63) is 11.4 Å². The first-order valence-corrected chi connectivity index (χ1v) is 7.27. The van der Waals surface area contributed by atoms with Crippen molar-refractivity contribution < 1.29 is 0 Å². The normalized spacial score (nSPS) is 17.5. The lowest BCUT2D eigenvalue weighted by atomic mass is 10.1. The highest BCUT2D eigenvalue weighted by Gasteiger charge is 2.20. The zero-order valence-corrected chi connectivity index (χ0v) is 12.1. The van der Waals surface area contributed by atoms with E-state index in [0.717, 1.165) is 56.1 Å². The van der Waals surface area contributed by atoms with Crippen molar-refractivity contribution in [3.8, 4) is 0 Å². The number of nitrogens with zero attached hydrogens (tertiary/aromatic N) is 4. The van der Waals surface area contributed by atoms with Crippen molar-refractivity contribution in [3.63, 3.8) is 0 Å². The lowest BCUT2D eigenvalue weighted by Gasteiger charge is -2.29. The quantitative estimate of drug-likeness (QED) is 0.804. The first kappa shape index (κ1) is 12.7. The summed E-state index contributed by atoms with van der Waals surface area (Å²) >= 11 is 3.66. The maximum absolute atomic E-state index is 4.65. The van der Waals surface area contributed by atoms with Crippen LogP contribution in [0.15, 0.2) is 0 Å². The van der Waals surface area contributed by atoms with E-state index in [1.165, 1.54) is 0 Å². The SMILES string of the molecule is CCc1nnc(N2CCC(Br)CC2)nc1CC. The first-order valence-electron chi connectivity index (χ1n) is 6.36.